The number of carbonyl (C=O) groups is 5. The molecule has 5 amide bonds. The number of nitrogens with zero attached hydrogens (tertiary/aromatic N) is 3. The number of hydrogen-bond donors (Lipinski definition) is 2. The fourth-order valence-corrected chi connectivity index (χ4v) is 5.34. The Morgan fingerprint density at radius 1 is 1.03 bits per heavy atom. The normalized spacial score (nSPS) is 31.7. The summed E-state index contributed by atoms with van der Waals surface area (Å²) in [6, 6.07) is -1.96. The predicted molar refractivity (Wildman–Crippen MR) is 105 cm³/mol. The molecule has 4 heterocycles. The first kappa shape index (κ1) is 20.6. The Bertz CT molecular complexity index is 778. The third-order valence-corrected chi connectivity index (χ3v) is 6.85. The molecule has 4 atom stereocenters. The van der Waals surface area contributed by atoms with Crippen LogP contribution in [0.2, 0.25) is 0 Å². The summed E-state index contributed by atoms with van der Waals surface area (Å²) < 4.78 is 0. The number of piperidine rings is 1. The first-order chi connectivity index (χ1) is 14.3. The van der Waals surface area contributed by atoms with Crippen molar-refractivity contribution in [1.82, 2.24) is 25.3 Å². The van der Waals surface area contributed by atoms with Crippen LogP contribution in [-0.2, 0) is 24.0 Å². The van der Waals surface area contributed by atoms with Crippen LogP contribution < -0.4 is 10.6 Å². The zero-order valence-corrected chi connectivity index (χ0v) is 17.4. The van der Waals surface area contributed by atoms with Crippen LogP contribution in [0.5, 0.6) is 0 Å². The van der Waals surface area contributed by atoms with E-state index in [1.165, 1.54) is 18.7 Å². The molecule has 0 aliphatic carbocycles. The molecule has 0 aromatic carbocycles. The highest BCUT2D eigenvalue weighted by Crippen LogP contribution is 2.31. The molecule has 0 unspecified atom stereocenters. The van der Waals surface area contributed by atoms with Crippen LogP contribution >= 0.6 is 0 Å². The Kier molecular flexibility index (Phi) is 5.42. The molecular formula is C20H29N5O5. The maximum absolute atomic E-state index is 13.4. The van der Waals surface area contributed by atoms with Gasteiger partial charge in [-0.25, -0.2) is 0 Å². The van der Waals surface area contributed by atoms with E-state index in [0.29, 0.717) is 45.3 Å². The largest absolute Gasteiger partial charge is 0.352 e. The van der Waals surface area contributed by atoms with Crippen molar-refractivity contribution in [2.45, 2.75) is 63.7 Å². The number of fused-ring (bicyclic) bond motifs is 2. The summed E-state index contributed by atoms with van der Waals surface area (Å²) in [5, 5.41) is 5.76. The maximum atomic E-state index is 13.4. The standard InChI is InChI=1S/C20H29N5O5/c1-11(26)21-14-9-16-18(28)22-15-5-8-24(17(15)20(30)25(16)10-14)19(29)13-3-6-23(7-4-13)12(2)27/h13-17H,3-10H2,1-2H3,(H,21,26)(H,22,28)/t14-,15-,16+,17-/m0/s1. The number of likely N-dealkylation sites (tertiary alicyclic amines) is 2. The first-order valence-corrected chi connectivity index (χ1v) is 10.7. The number of hydrogen-bond acceptors (Lipinski definition) is 5. The third-order valence-electron chi connectivity index (χ3n) is 6.85. The van der Waals surface area contributed by atoms with Crippen molar-refractivity contribution < 1.29 is 24.0 Å². The quantitative estimate of drug-likeness (QED) is 0.562. The van der Waals surface area contributed by atoms with E-state index < -0.39 is 12.1 Å². The Morgan fingerprint density at radius 3 is 2.37 bits per heavy atom. The van der Waals surface area contributed by atoms with Gasteiger partial charge in [0.2, 0.25) is 29.5 Å². The second-order valence-corrected chi connectivity index (χ2v) is 8.80. The summed E-state index contributed by atoms with van der Waals surface area (Å²) in [6.07, 6.45) is 2.11. The van der Waals surface area contributed by atoms with Gasteiger partial charge in [0.25, 0.3) is 0 Å². The molecule has 10 nitrogen and oxygen atoms in total. The van der Waals surface area contributed by atoms with Crippen LogP contribution in [-0.4, -0.2) is 94.6 Å². The first-order valence-electron chi connectivity index (χ1n) is 10.7. The van der Waals surface area contributed by atoms with Gasteiger partial charge in [0.1, 0.15) is 12.1 Å². The van der Waals surface area contributed by atoms with Gasteiger partial charge in [0.05, 0.1) is 6.04 Å². The molecule has 164 valence electrons. The van der Waals surface area contributed by atoms with Gasteiger partial charge in [-0.2, -0.15) is 0 Å². The van der Waals surface area contributed by atoms with Crippen molar-refractivity contribution in [2.24, 2.45) is 5.92 Å². The van der Waals surface area contributed by atoms with Crippen LogP contribution in [0.4, 0.5) is 0 Å². The van der Waals surface area contributed by atoms with E-state index in [1.54, 1.807) is 9.80 Å². The Morgan fingerprint density at radius 2 is 1.73 bits per heavy atom. The summed E-state index contributed by atoms with van der Waals surface area (Å²) in [7, 11) is 0. The Hall–Kier alpha value is -2.65. The lowest BCUT2D eigenvalue weighted by atomic mass is 9.94. The fourth-order valence-electron chi connectivity index (χ4n) is 5.34. The number of carbonyl (C=O) groups excluding carboxylic acids is 5. The summed E-state index contributed by atoms with van der Waals surface area (Å²) in [5.74, 6) is -0.900. The summed E-state index contributed by atoms with van der Waals surface area (Å²) in [5.41, 5.74) is 0. The van der Waals surface area contributed by atoms with E-state index in [1.807, 2.05) is 0 Å². The van der Waals surface area contributed by atoms with Crippen molar-refractivity contribution in [3.05, 3.63) is 0 Å². The highest BCUT2D eigenvalue weighted by Gasteiger charge is 2.53. The second-order valence-electron chi connectivity index (χ2n) is 8.80. The smallest absolute Gasteiger partial charge is 0.248 e. The molecule has 0 radical (unpaired) electrons. The molecule has 4 fully saturated rings. The van der Waals surface area contributed by atoms with E-state index in [2.05, 4.69) is 10.6 Å². The average Bonchev–Trinajstić information content (AvgIpc) is 3.28. The van der Waals surface area contributed by atoms with Crippen molar-refractivity contribution in [2.75, 3.05) is 26.2 Å². The molecule has 4 saturated heterocycles. The SMILES string of the molecule is CC(=O)N[C@H]1C[C@@H]2C(=O)N[C@H]3CCN(C(=O)C4CCN(C(C)=O)CC4)[C@@H]3C(=O)N2C1. The number of amides is 5. The molecule has 30 heavy (non-hydrogen) atoms. The van der Waals surface area contributed by atoms with Crippen molar-refractivity contribution >= 4 is 29.5 Å². The third kappa shape index (κ3) is 3.63. The zero-order valence-electron chi connectivity index (χ0n) is 17.4. The minimum atomic E-state index is -0.701. The lowest BCUT2D eigenvalue weighted by Crippen LogP contribution is -2.54. The molecule has 4 aliphatic heterocycles. The minimum Gasteiger partial charge on any atom is -0.352 e. The second kappa shape index (κ2) is 7.88. The van der Waals surface area contributed by atoms with Gasteiger partial charge in [0, 0.05) is 52.0 Å². The van der Waals surface area contributed by atoms with Crippen molar-refractivity contribution in [3.63, 3.8) is 0 Å². The topological polar surface area (TPSA) is 119 Å². The zero-order chi connectivity index (χ0) is 21.6. The van der Waals surface area contributed by atoms with E-state index in [-0.39, 0.29) is 54.1 Å². The van der Waals surface area contributed by atoms with Gasteiger partial charge in [-0.15, -0.1) is 0 Å². The van der Waals surface area contributed by atoms with Gasteiger partial charge in [-0.1, -0.05) is 0 Å². The highest BCUT2D eigenvalue weighted by molar-refractivity contribution is 5.97. The van der Waals surface area contributed by atoms with Gasteiger partial charge in [0.15, 0.2) is 0 Å². The molecule has 2 N–H and O–H groups in total. The lowest BCUT2D eigenvalue weighted by Gasteiger charge is -2.35. The molecule has 0 bridgehead atoms. The molecule has 0 spiro atoms. The van der Waals surface area contributed by atoms with Crippen LogP contribution in [0.3, 0.4) is 0 Å². The van der Waals surface area contributed by atoms with E-state index in [9.17, 15) is 24.0 Å². The Balaban J connectivity index is 1.48. The molecule has 0 saturated carbocycles. The summed E-state index contributed by atoms with van der Waals surface area (Å²) in [4.78, 5) is 67.2. The number of rotatable bonds is 2. The van der Waals surface area contributed by atoms with Gasteiger partial charge in [-0.3, -0.25) is 24.0 Å². The van der Waals surface area contributed by atoms with Gasteiger partial charge in [-0.05, 0) is 25.7 Å². The molecule has 0 aromatic rings. The predicted octanol–water partition coefficient (Wildman–Crippen LogP) is -1.55. The van der Waals surface area contributed by atoms with Crippen molar-refractivity contribution in [1.29, 1.82) is 0 Å². The maximum Gasteiger partial charge on any atom is 0.248 e. The molecule has 10 heteroatoms. The number of nitrogens with one attached hydrogen (secondary N) is 2. The summed E-state index contributed by atoms with van der Waals surface area (Å²) in [6.45, 7) is 4.74. The monoisotopic (exact) mass is 419 g/mol. The summed E-state index contributed by atoms with van der Waals surface area (Å²) >= 11 is 0. The molecule has 4 aliphatic rings. The Labute approximate surface area is 175 Å². The van der Waals surface area contributed by atoms with Crippen LogP contribution in [0.25, 0.3) is 0 Å². The van der Waals surface area contributed by atoms with Crippen molar-refractivity contribution in [3.8, 4) is 0 Å². The van der Waals surface area contributed by atoms with E-state index in [4.69, 9.17) is 0 Å². The highest BCUT2D eigenvalue weighted by atomic mass is 16.2. The van der Waals surface area contributed by atoms with Gasteiger partial charge < -0.3 is 25.3 Å². The van der Waals surface area contributed by atoms with Crippen LogP contribution in [0.1, 0.15) is 39.5 Å². The molecule has 4 rings (SSSR count). The lowest BCUT2D eigenvalue weighted by molar-refractivity contribution is -0.148. The fraction of sp³-hybridized carbons (Fsp3) is 0.750. The minimum absolute atomic E-state index is 0.0117. The average molecular weight is 419 g/mol. The van der Waals surface area contributed by atoms with Gasteiger partial charge >= 0.3 is 0 Å². The van der Waals surface area contributed by atoms with Crippen LogP contribution in [0, 0.1) is 5.92 Å². The molecular weight excluding hydrogens is 390 g/mol. The van der Waals surface area contributed by atoms with E-state index >= 15 is 0 Å². The molecule has 0 aromatic heterocycles. The van der Waals surface area contributed by atoms with Crippen LogP contribution in [0.15, 0.2) is 0 Å². The van der Waals surface area contributed by atoms with E-state index in [0.717, 1.165) is 0 Å².